The number of hydrogen-bond acceptors (Lipinski definition) is 4. The highest BCUT2D eigenvalue weighted by molar-refractivity contribution is 6.34. The molecule has 1 aromatic heterocycles. The topological polar surface area (TPSA) is 88.7 Å². The Hall–Kier alpha value is -2.02. The summed E-state index contributed by atoms with van der Waals surface area (Å²) in [6, 6.07) is 6.81. The highest BCUT2D eigenvalue weighted by Crippen LogP contribution is 2.35. The maximum absolute atomic E-state index is 11.9. The van der Waals surface area contributed by atoms with E-state index in [0.29, 0.717) is 46.9 Å². The van der Waals surface area contributed by atoms with Gasteiger partial charge >= 0.3 is 6.09 Å². The van der Waals surface area contributed by atoms with Crippen LogP contribution in [0, 0.1) is 5.92 Å². The summed E-state index contributed by atoms with van der Waals surface area (Å²) in [7, 11) is 0. The molecule has 1 fully saturated rings. The van der Waals surface area contributed by atoms with Gasteiger partial charge < -0.3 is 15.6 Å². The number of carboxylic acid groups (broad SMARTS) is 1. The first-order chi connectivity index (χ1) is 12.5. The quantitative estimate of drug-likeness (QED) is 0.792. The van der Waals surface area contributed by atoms with Gasteiger partial charge in [-0.3, -0.25) is 4.90 Å². The van der Waals surface area contributed by atoms with Gasteiger partial charge in [-0.15, -0.1) is 0 Å². The van der Waals surface area contributed by atoms with Gasteiger partial charge in [-0.05, 0) is 42.5 Å². The molecular weight excluding hydrogens is 377 g/mol. The van der Waals surface area contributed by atoms with E-state index in [1.165, 1.54) is 11.1 Å². The average Bonchev–Trinajstić information content (AvgIpc) is 2.63. The first-order valence-electron chi connectivity index (χ1n) is 8.25. The number of aromatic nitrogens is 1. The van der Waals surface area contributed by atoms with Crippen molar-refractivity contribution in [3.05, 3.63) is 40.5 Å². The van der Waals surface area contributed by atoms with Crippen molar-refractivity contribution in [3.63, 3.8) is 0 Å². The molecule has 0 bridgehead atoms. The van der Waals surface area contributed by atoms with Gasteiger partial charge in [0.1, 0.15) is 5.82 Å². The van der Waals surface area contributed by atoms with Crippen molar-refractivity contribution in [1.29, 1.82) is 0 Å². The molecule has 1 saturated heterocycles. The smallest absolute Gasteiger partial charge is 0.411 e. The van der Waals surface area contributed by atoms with Gasteiger partial charge in [-0.25, -0.2) is 9.78 Å². The number of pyridine rings is 1. The number of carbonyl (C=O) groups is 1. The molecule has 1 aliphatic heterocycles. The van der Waals surface area contributed by atoms with Crippen molar-refractivity contribution in [2.24, 2.45) is 5.92 Å². The Morgan fingerprint density at radius 1 is 1.27 bits per heavy atom. The molecule has 138 valence electrons. The number of nitrogens with two attached hydrogens (primary N) is 1. The molecule has 0 unspecified atom stereocenters. The lowest BCUT2D eigenvalue weighted by molar-refractivity contribution is 0.0680. The third-order valence-electron chi connectivity index (χ3n) is 4.44. The zero-order chi connectivity index (χ0) is 18.7. The van der Waals surface area contributed by atoms with Gasteiger partial charge in [0.15, 0.2) is 0 Å². The standard InChI is InChI=1S/C18H19Cl2N3O3/c19-14-2-1-12(13-8-17(21)22-9-15(13)20)7-16(14)23(18(24)25)10-11-3-5-26-6-4-11/h1-2,7-9,11H,3-6,10H2,(H2,21,22)(H,24,25). The first-order valence-corrected chi connectivity index (χ1v) is 9.00. The summed E-state index contributed by atoms with van der Waals surface area (Å²) < 4.78 is 5.35. The van der Waals surface area contributed by atoms with Crippen LogP contribution in [0.3, 0.4) is 0 Å². The number of anilines is 2. The van der Waals surface area contributed by atoms with E-state index in [9.17, 15) is 9.90 Å². The van der Waals surface area contributed by atoms with Crippen LogP contribution in [-0.2, 0) is 4.74 Å². The lowest BCUT2D eigenvalue weighted by Crippen LogP contribution is -2.36. The van der Waals surface area contributed by atoms with Crippen molar-refractivity contribution >= 4 is 40.8 Å². The largest absolute Gasteiger partial charge is 0.465 e. The molecule has 0 saturated carbocycles. The van der Waals surface area contributed by atoms with E-state index in [1.54, 1.807) is 24.3 Å². The van der Waals surface area contributed by atoms with Gasteiger partial charge in [0.25, 0.3) is 0 Å². The zero-order valence-electron chi connectivity index (χ0n) is 14.0. The molecular formula is C18H19Cl2N3O3. The Balaban J connectivity index is 1.96. The Bertz CT molecular complexity index is 810. The minimum absolute atomic E-state index is 0.236. The molecule has 3 N–H and O–H groups in total. The molecule has 6 nitrogen and oxygen atoms in total. The normalized spacial score (nSPS) is 15.0. The van der Waals surface area contributed by atoms with E-state index < -0.39 is 6.09 Å². The molecule has 2 heterocycles. The fourth-order valence-corrected chi connectivity index (χ4v) is 3.46. The van der Waals surface area contributed by atoms with Gasteiger partial charge in [0, 0.05) is 31.5 Å². The highest BCUT2D eigenvalue weighted by atomic mass is 35.5. The van der Waals surface area contributed by atoms with Crippen LogP contribution in [0.5, 0.6) is 0 Å². The summed E-state index contributed by atoms with van der Waals surface area (Å²) in [5, 5.41) is 10.5. The van der Waals surface area contributed by atoms with Crippen LogP contribution in [-0.4, -0.2) is 35.9 Å². The SMILES string of the molecule is Nc1cc(-c2ccc(Cl)c(N(CC3CCOCC3)C(=O)O)c2)c(Cl)cn1. The molecule has 1 aliphatic rings. The maximum Gasteiger partial charge on any atom is 0.411 e. The molecule has 0 spiro atoms. The number of amides is 1. The second-order valence-corrected chi connectivity index (χ2v) is 7.02. The van der Waals surface area contributed by atoms with Crippen molar-refractivity contribution < 1.29 is 14.6 Å². The molecule has 2 aromatic rings. The Morgan fingerprint density at radius 2 is 2.00 bits per heavy atom. The number of rotatable bonds is 4. The number of ether oxygens (including phenoxy) is 1. The minimum Gasteiger partial charge on any atom is -0.465 e. The van der Waals surface area contributed by atoms with E-state index in [1.807, 2.05) is 0 Å². The molecule has 1 aromatic carbocycles. The molecule has 26 heavy (non-hydrogen) atoms. The van der Waals surface area contributed by atoms with Crippen molar-refractivity contribution in [1.82, 2.24) is 4.98 Å². The van der Waals surface area contributed by atoms with Gasteiger partial charge in [0.2, 0.25) is 0 Å². The summed E-state index contributed by atoms with van der Waals surface area (Å²) in [5.41, 5.74) is 7.58. The van der Waals surface area contributed by atoms with Crippen LogP contribution >= 0.6 is 23.2 Å². The van der Waals surface area contributed by atoms with Crippen molar-refractivity contribution in [2.45, 2.75) is 12.8 Å². The fraction of sp³-hybridized carbons (Fsp3) is 0.333. The number of nitrogens with zero attached hydrogens (tertiary/aromatic N) is 2. The lowest BCUT2D eigenvalue weighted by atomic mass is 9.99. The number of halogens is 2. The average molecular weight is 396 g/mol. The predicted octanol–water partition coefficient (Wildman–Crippen LogP) is 4.55. The summed E-state index contributed by atoms with van der Waals surface area (Å²) >= 11 is 12.5. The van der Waals surface area contributed by atoms with Gasteiger partial charge in [-0.2, -0.15) is 0 Å². The third-order valence-corrected chi connectivity index (χ3v) is 5.06. The molecule has 8 heteroatoms. The van der Waals surface area contributed by atoms with Crippen LogP contribution in [0.4, 0.5) is 16.3 Å². The first kappa shape index (κ1) is 18.8. The molecule has 0 radical (unpaired) electrons. The Labute approximate surface area is 161 Å². The predicted molar refractivity (Wildman–Crippen MR) is 103 cm³/mol. The third kappa shape index (κ3) is 4.20. The summed E-state index contributed by atoms with van der Waals surface area (Å²) in [5.74, 6) is 0.568. The molecule has 1 amide bonds. The number of nitrogen functional groups attached to an aromatic ring is 1. The van der Waals surface area contributed by atoms with E-state index in [-0.39, 0.29) is 5.92 Å². The number of hydrogen-bond donors (Lipinski definition) is 2. The Morgan fingerprint density at radius 3 is 2.69 bits per heavy atom. The monoisotopic (exact) mass is 395 g/mol. The van der Waals surface area contributed by atoms with Gasteiger partial charge in [-0.1, -0.05) is 29.3 Å². The minimum atomic E-state index is -1.05. The van der Waals surface area contributed by atoms with E-state index in [4.69, 9.17) is 33.7 Å². The highest BCUT2D eigenvalue weighted by Gasteiger charge is 2.24. The van der Waals surface area contributed by atoms with Crippen LogP contribution in [0.25, 0.3) is 11.1 Å². The summed E-state index contributed by atoms with van der Waals surface area (Å²) in [6.07, 6.45) is 2.08. The van der Waals surface area contributed by atoms with E-state index >= 15 is 0 Å². The summed E-state index contributed by atoms with van der Waals surface area (Å²) in [6.45, 7) is 1.67. The van der Waals surface area contributed by atoms with Crippen molar-refractivity contribution in [3.8, 4) is 11.1 Å². The maximum atomic E-state index is 11.9. The molecule has 0 aliphatic carbocycles. The van der Waals surface area contributed by atoms with Gasteiger partial charge in [0.05, 0.1) is 15.7 Å². The van der Waals surface area contributed by atoms with Crippen LogP contribution < -0.4 is 10.6 Å². The zero-order valence-corrected chi connectivity index (χ0v) is 15.5. The van der Waals surface area contributed by atoms with Crippen LogP contribution in [0.1, 0.15) is 12.8 Å². The van der Waals surface area contributed by atoms with E-state index in [0.717, 1.165) is 18.4 Å². The van der Waals surface area contributed by atoms with Crippen molar-refractivity contribution in [2.75, 3.05) is 30.4 Å². The van der Waals surface area contributed by atoms with Crippen LogP contribution in [0.15, 0.2) is 30.5 Å². The van der Waals surface area contributed by atoms with E-state index in [2.05, 4.69) is 4.98 Å². The number of benzene rings is 1. The Kier molecular flexibility index (Phi) is 5.86. The molecule has 3 rings (SSSR count). The fourth-order valence-electron chi connectivity index (χ4n) is 3.03. The lowest BCUT2D eigenvalue weighted by Gasteiger charge is -2.28. The molecule has 0 atom stereocenters. The second kappa shape index (κ2) is 8.12. The van der Waals surface area contributed by atoms with Crippen LogP contribution in [0.2, 0.25) is 10.0 Å². The summed E-state index contributed by atoms with van der Waals surface area (Å²) in [4.78, 5) is 17.1. The second-order valence-electron chi connectivity index (χ2n) is 6.20.